The zero-order valence-electron chi connectivity index (χ0n) is 56.0. The van der Waals surface area contributed by atoms with Gasteiger partial charge in [-0.2, -0.15) is 0 Å². The fraction of sp³-hybridized carbons (Fsp3) is 1.00. The molecule has 0 amide bonds. The standard InChI is InChI=1S/C74H150O5/c1-9-17-23-29-35-37-39-41-43-49-55-63-73(76-65-57-51-45-31-25-19-11-3,77-66-58-52-46-32-26-20-12-4)71(61-15-7)69-75-70-72(62-16-8)74(78-67-59-53-47-33-27-21-13-5,79-68-60-54-48-34-28-22-14-6)64-56-50-44-42-40-38-36-30-24-18-10-2/h71-72H,9-70H2,1-8H3. The Morgan fingerprint density at radius 3 is 0.570 bits per heavy atom. The lowest BCUT2D eigenvalue weighted by Gasteiger charge is -2.43. The van der Waals surface area contributed by atoms with Crippen molar-refractivity contribution >= 4 is 0 Å². The largest absolute Gasteiger partial charge is 0.380 e. The maximum Gasteiger partial charge on any atom is 0.173 e. The summed E-state index contributed by atoms with van der Waals surface area (Å²) in [4.78, 5) is 0. The first kappa shape index (κ1) is 78.8. The quantitative estimate of drug-likeness (QED) is 0.0449. The highest BCUT2D eigenvalue weighted by Crippen LogP contribution is 2.38. The first-order chi connectivity index (χ1) is 39.0. The fourth-order valence-corrected chi connectivity index (χ4v) is 12.4. The summed E-state index contributed by atoms with van der Waals surface area (Å²) in [7, 11) is 0. The van der Waals surface area contributed by atoms with Crippen LogP contribution in [0.25, 0.3) is 0 Å². The molecule has 0 aliphatic rings. The summed E-state index contributed by atoms with van der Waals surface area (Å²) in [5.74, 6) is -0.817. The zero-order valence-corrected chi connectivity index (χ0v) is 56.0. The Hall–Kier alpha value is -0.200. The number of ether oxygens (including phenoxy) is 5. The molecule has 0 fully saturated rings. The van der Waals surface area contributed by atoms with Gasteiger partial charge in [-0.25, -0.2) is 0 Å². The van der Waals surface area contributed by atoms with Crippen molar-refractivity contribution in [3.63, 3.8) is 0 Å². The van der Waals surface area contributed by atoms with E-state index in [1.807, 2.05) is 0 Å². The van der Waals surface area contributed by atoms with E-state index in [1.165, 1.54) is 295 Å². The number of unbranched alkanes of at least 4 members (excludes halogenated alkanes) is 44. The molecule has 0 saturated carbocycles. The minimum absolute atomic E-state index is 0.195. The Balaban J connectivity index is 6.75. The summed E-state index contributed by atoms with van der Waals surface area (Å²) in [6.07, 6.45) is 72.4. The SMILES string of the molecule is CCCCCCCCCCCCCC(OCCCCCCCCC)(OCCCCCCCCC)C(CCC)COCC(CCC)C(CCCCCCCCCCCCC)(OCCCCCCCCC)OCCCCCCCCC. The predicted octanol–water partition coefficient (Wildman–Crippen LogP) is 25.7. The van der Waals surface area contributed by atoms with Gasteiger partial charge in [0.1, 0.15) is 0 Å². The van der Waals surface area contributed by atoms with Crippen LogP contribution in [-0.2, 0) is 23.7 Å². The Morgan fingerprint density at radius 2 is 0.380 bits per heavy atom. The maximum absolute atomic E-state index is 7.38. The summed E-state index contributed by atoms with van der Waals surface area (Å²) >= 11 is 0. The van der Waals surface area contributed by atoms with Gasteiger partial charge in [0, 0.05) is 24.7 Å². The van der Waals surface area contributed by atoms with Crippen LogP contribution in [0.4, 0.5) is 0 Å². The Labute approximate surface area is 499 Å². The van der Waals surface area contributed by atoms with Crippen LogP contribution >= 0.6 is 0 Å². The van der Waals surface area contributed by atoms with Gasteiger partial charge in [-0.3, -0.25) is 0 Å². The van der Waals surface area contributed by atoms with Gasteiger partial charge >= 0.3 is 0 Å². The molecule has 79 heavy (non-hydrogen) atoms. The van der Waals surface area contributed by atoms with Crippen LogP contribution in [0.3, 0.4) is 0 Å². The average molecular weight is 1120 g/mol. The summed E-state index contributed by atoms with van der Waals surface area (Å²) in [5.41, 5.74) is 0. The molecular formula is C74H150O5. The summed E-state index contributed by atoms with van der Waals surface area (Å²) in [6.45, 7) is 23.2. The molecule has 2 atom stereocenters. The second-order valence-corrected chi connectivity index (χ2v) is 25.6. The van der Waals surface area contributed by atoms with E-state index in [4.69, 9.17) is 23.7 Å². The van der Waals surface area contributed by atoms with Crippen molar-refractivity contribution in [2.75, 3.05) is 39.6 Å². The highest BCUT2D eigenvalue weighted by molar-refractivity contribution is 4.84. The van der Waals surface area contributed by atoms with Crippen LogP contribution in [0.1, 0.15) is 415 Å². The normalized spacial score (nSPS) is 13.1. The van der Waals surface area contributed by atoms with E-state index in [9.17, 15) is 0 Å². The lowest BCUT2D eigenvalue weighted by Crippen LogP contribution is -2.48. The van der Waals surface area contributed by atoms with Crippen molar-refractivity contribution in [1.82, 2.24) is 0 Å². The smallest absolute Gasteiger partial charge is 0.173 e. The van der Waals surface area contributed by atoms with Gasteiger partial charge in [0.15, 0.2) is 11.6 Å². The summed E-state index contributed by atoms with van der Waals surface area (Å²) in [5, 5.41) is 0. The number of hydrogen-bond donors (Lipinski definition) is 0. The molecule has 0 aromatic carbocycles. The van der Waals surface area contributed by atoms with E-state index >= 15 is 0 Å². The molecule has 0 bridgehead atoms. The summed E-state index contributed by atoms with van der Waals surface area (Å²) < 4.78 is 36.8. The van der Waals surface area contributed by atoms with Crippen molar-refractivity contribution in [3.05, 3.63) is 0 Å². The molecule has 0 rings (SSSR count). The van der Waals surface area contributed by atoms with Crippen LogP contribution in [-0.4, -0.2) is 51.2 Å². The molecular weight excluding hydrogens is 969 g/mol. The molecule has 0 aliphatic carbocycles. The van der Waals surface area contributed by atoms with Gasteiger partial charge in [0.05, 0.1) is 39.6 Å². The molecule has 0 N–H and O–H groups in total. The molecule has 0 radical (unpaired) electrons. The van der Waals surface area contributed by atoms with E-state index in [0.717, 1.165) is 90.6 Å². The van der Waals surface area contributed by atoms with E-state index in [0.29, 0.717) is 13.2 Å². The third-order valence-corrected chi connectivity index (χ3v) is 17.8. The monoisotopic (exact) mass is 1120 g/mol. The van der Waals surface area contributed by atoms with Gasteiger partial charge in [0.25, 0.3) is 0 Å². The first-order valence-electron chi connectivity index (χ1n) is 37.1. The Morgan fingerprint density at radius 1 is 0.203 bits per heavy atom. The zero-order chi connectivity index (χ0) is 57.5. The second kappa shape index (κ2) is 63.8. The van der Waals surface area contributed by atoms with Gasteiger partial charge in [-0.05, 0) is 51.4 Å². The maximum atomic E-state index is 7.38. The van der Waals surface area contributed by atoms with Crippen molar-refractivity contribution in [2.24, 2.45) is 11.8 Å². The highest BCUT2D eigenvalue weighted by atomic mass is 16.7. The molecule has 0 aromatic rings. The Bertz CT molecular complexity index is 988. The molecule has 2 unspecified atom stereocenters. The van der Waals surface area contributed by atoms with Crippen LogP contribution in [0.15, 0.2) is 0 Å². The highest BCUT2D eigenvalue weighted by Gasteiger charge is 2.43. The van der Waals surface area contributed by atoms with Crippen LogP contribution in [0.2, 0.25) is 0 Å². The topological polar surface area (TPSA) is 46.2 Å². The summed E-state index contributed by atoms with van der Waals surface area (Å²) in [6, 6.07) is 0. The Kier molecular flexibility index (Phi) is 63.7. The first-order valence-corrected chi connectivity index (χ1v) is 37.1. The number of hydrogen-bond acceptors (Lipinski definition) is 5. The lowest BCUT2D eigenvalue weighted by molar-refractivity contribution is -0.291. The molecule has 0 aliphatic heterocycles. The molecule has 0 saturated heterocycles. The van der Waals surface area contributed by atoms with Crippen LogP contribution < -0.4 is 0 Å². The predicted molar refractivity (Wildman–Crippen MR) is 351 cm³/mol. The fourth-order valence-electron chi connectivity index (χ4n) is 12.4. The van der Waals surface area contributed by atoms with Crippen molar-refractivity contribution in [3.8, 4) is 0 Å². The molecule has 5 nitrogen and oxygen atoms in total. The van der Waals surface area contributed by atoms with Gasteiger partial charge in [-0.15, -0.1) is 0 Å². The third-order valence-electron chi connectivity index (χ3n) is 17.8. The van der Waals surface area contributed by atoms with Gasteiger partial charge in [-0.1, -0.05) is 351 Å². The van der Waals surface area contributed by atoms with E-state index in [-0.39, 0.29) is 11.8 Å². The minimum Gasteiger partial charge on any atom is -0.380 e. The molecule has 476 valence electrons. The van der Waals surface area contributed by atoms with Crippen LogP contribution in [0.5, 0.6) is 0 Å². The van der Waals surface area contributed by atoms with Crippen molar-refractivity contribution < 1.29 is 23.7 Å². The third kappa shape index (κ3) is 48.7. The second-order valence-electron chi connectivity index (χ2n) is 25.6. The molecule has 0 spiro atoms. The minimum atomic E-state index is -0.603. The molecule has 0 heterocycles. The van der Waals surface area contributed by atoms with Crippen molar-refractivity contribution in [1.29, 1.82) is 0 Å². The van der Waals surface area contributed by atoms with Gasteiger partial charge < -0.3 is 23.7 Å². The number of rotatable bonds is 70. The van der Waals surface area contributed by atoms with E-state index < -0.39 is 11.6 Å². The van der Waals surface area contributed by atoms with Crippen LogP contribution in [0, 0.1) is 11.8 Å². The molecule has 5 heteroatoms. The average Bonchev–Trinajstić information content (AvgIpc) is 3.47. The van der Waals surface area contributed by atoms with Gasteiger partial charge in [0.2, 0.25) is 0 Å². The molecule has 0 aromatic heterocycles. The van der Waals surface area contributed by atoms with E-state index in [2.05, 4.69) is 55.4 Å². The van der Waals surface area contributed by atoms with E-state index in [1.54, 1.807) is 0 Å². The lowest BCUT2D eigenvalue weighted by atomic mass is 9.88. The van der Waals surface area contributed by atoms with Crippen molar-refractivity contribution in [2.45, 2.75) is 427 Å².